The van der Waals surface area contributed by atoms with E-state index in [9.17, 15) is 19.7 Å². The van der Waals surface area contributed by atoms with Crippen LogP contribution in [-0.4, -0.2) is 16.8 Å². The molecule has 0 spiro atoms. The minimum atomic E-state index is -0.554. The number of carbonyl (C=O) groups is 2. The van der Waals surface area contributed by atoms with Gasteiger partial charge in [0, 0.05) is 24.6 Å². The van der Waals surface area contributed by atoms with E-state index in [0.717, 1.165) is 6.20 Å². The second-order valence-corrected chi connectivity index (χ2v) is 5.41. The number of ether oxygens (including phenoxy) is 1. The molecule has 2 aromatic rings. The molecule has 0 heterocycles. The lowest BCUT2D eigenvalue weighted by Gasteiger charge is -2.06. The predicted molar refractivity (Wildman–Crippen MR) is 97.0 cm³/mol. The molecule has 0 saturated heterocycles. The van der Waals surface area contributed by atoms with E-state index in [2.05, 4.69) is 5.32 Å². The van der Waals surface area contributed by atoms with E-state index in [1.54, 1.807) is 36.4 Å². The van der Waals surface area contributed by atoms with E-state index in [1.165, 1.54) is 6.08 Å². The van der Waals surface area contributed by atoms with Crippen molar-refractivity contribution in [2.45, 2.75) is 19.3 Å². The third-order valence-corrected chi connectivity index (χ3v) is 3.34. The Kier molecular flexibility index (Phi) is 7.05. The Labute approximate surface area is 150 Å². The Morgan fingerprint density at radius 1 is 1.04 bits per heavy atom. The summed E-state index contributed by atoms with van der Waals surface area (Å²) in [7, 11) is 0. The van der Waals surface area contributed by atoms with Gasteiger partial charge in [-0.15, -0.1) is 0 Å². The van der Waals surface area contributed by atoms with Crippen LogP contribution in [0.3, 0.4) is 0 Å². The lowest BCUT2D eigenvalue weighted by Crippen LogP contribution is -2.13. The number of carbonyl (C=O) groups excluding carboxylic acids is 2. The van der Waals surface area contributed by atoms with E-state index in [1.807, 2.05) is 18.2 Å². The van der Waals surface area contributed by atoms with E-state index in [4.69, 9.17) is 4.74 Å². The van der Waals surface area contributed by atoms with Crippen LogP contribution in [0.4, 0.5) is 5.69 Å². The largest absolute Gasteiger partial charge is 0.427 e. The average molecular weight is 354 g/mol. The maximum absolute atomic E-state index is 11.8. The number of nitro groups is 1. The molecule has 26 heavy (non-hydrogen) atoms. The molecule has 0 saturated carbocycles. The first kappa shape index (κ1) is 18.9. The van der Waals surface area contributed by atoms with E-state index < -0.39 is 10.9 Å². The highest BCUT2D eigenvalue weighted by Gasteiger charge is 2.08. The number of nitrogens with one attached hydrogen (secondary N) is 1. The van der Waals surface area contributed by atoms with Crippen LogP contribution >= 0.6 is 0 Å². The average Bonchev–Trinajstić information content (AvgIpc) is 2.62. The maximum atomic E-state index is 11.8. The molecule has 1 N–H and O–H groups in total. The van der Waals surface area contributed by atoms with E-state index >= 15 is 0 Å². The molecule has 0 aliphatic carbocycles. The molecular formula is C19H18N2O5. The second kappa shape index (κ2) is 9.73. The van der Waals surface area contributed by atoms with Crippen molar-refractivity contribution in [3.8, 4) is 5.75 Å². The van der Waals surface area contributed by atoms with Gasteiger partial charge in [0.25, 0.3) is 0 Å². The van der Waals surface area contributed by atoms with Crippen LogP contribution in [-0.2, 0) is 9.59 Å². The number of hydrogen-bond donors (Lipinski definition) is 1. The summed E-state index contributed by atoms with van der Waals surface area (Å²) in [5, 5.41) is 13.0. The molecule has 1 amide bonds. The zero-order valence-electron chi connectivity index (χ0n) is 14.0. The highest BCUT2D eigenvalue weighted by molar-refractivity contribution is 5.90. The van der Waals surface area contributed by atoms with Gasteiger partial charge in [0.05, 0.1) is 4.92 Å². The number of para-hydroxylation sites is 1. The molecule has 0 aliphatic heterocycles. The maximum Gasteiger partial charge on any atom is 0.311 e. The third kappa shape index (κ3) is 6.96. The Balaban J connectivity index is 1.71. The van der Waals surface area contributed by atoms with Crippen molar-refractivity contribution in [3.63, 3.8) is 0 Å². The fraction of sp³-hybridized carbons (Fsp3) is 0.158. The number of rotatable bonds is 8. The molecule has 7 nitrogen and oxygen atoms in total. The predicted octanol–water partition coefficient (Wildman–Crippen LogP) is 3.65. The van der Waals surface area contributed by atoms with E-state index in [0.29, 0.717) is 23.4 Å². The SMILES string of the molecule is O=C(CCCC(=O)Oc1ccc(/C=C/[N+](=O)[O-])cc1)Nc1ccccc1. The number of hydrogen-bond acceptors (Lipinski definition) is 5. The molecule has 0 atom stereocenters. The van der Waals surface area contributed by atoms with Gasteiger partial charge in [-0.1, -0.05) is 30.3 Å². The van der Waals surface area contributed by atoms with Gasteiger partial charge in [0.2, 0.25) is 12.1 Å². The summed E-state index contributed by atoms with van der Waals surface area (Å²) in [5.74, 6) is -0.251. The van der Waals surface area contributed by atoms with Crippen LogP contribution in [0.25, 0.3) is 6.08 Å². The fourth-order valence-corrected chi connectivity index (χ4v) is 2.11. The molecule has 0 unspecified atom stereocenters. The summed E-state index contributed by atoms with van der Waals surface area (Å²) >= 11 is 0. The topological polar surface area (TPSA) is 98.5 Å². The van der Waals surface area contributed by atoms with Gasteiger partial charge in [-0.2, -0.15) is 0 Å². The number of nitrogens with zero attached hydrogens (tertiary/aromatic N) is 1. The number of anilines is 1. The minimum Gasteiger partial charge on any atom is -0.427 e. The van der Waals surface area contributed by atoms with Gasteiger partial charge in [0.1, 0.15) is 5.75 Å². The Hall–Kier alpha value is -3.48. The van der Waals surface area contributed by atoms with Crippen molar-refractivity contribution >= 4 is 23.6 Å². The number of amides is 1. The van der Waals surface area contributed by atoms with Crippen LogP contribution in [0.2, 0.25) is 0 Å². The zero-order valence-corrected chi connectivity index (χ0v) is 14.0. The first-order valence-electron chi connectivity index (χ1n) is 8.00. The molecule has 134 valence electrons. The summed E-state index contributed by atoms with van der Waals surface area (Å²) < 4.78 is 5.17. The van der Waals surface area contributed by atoms with Crippen LogP contribution < -0.4 is 10.1 Å². The zero-order chi connectivity index (χ0) is 18.8. The molecule has 0 bridgehead atoms. The van der Waals surface area contributed by atoms with Crippen LogP contribution in [0, 0.1) is 10.1 Å². The van der Waals surface area contributed by atoms with Crippen LogP contribution in [0.5, 0.6) is 5.75 Å². The van der Waals surface area contributed by atoms with Gasteiger partial charge in [-0.05, 0) is 36.2 Å². The van der Waals surface area contributed by atoms with Gasteiger partial charge >= 0.3 is 5.97 Å². The normalized spacial score (nSPS) is 10.5. The quantitative estimate of drug-likeness (QED) is 0.338. The highest BCUT2D eigenvalue weighted by atomic mass is 16.6. The molecule has 0 fully saturated rings. The summed E-state index contributed by atoms with van der Waals surface area (Å²) in [6, 6.07) is 15.4. The van der Waals surface area contributed by atoms with Gasteiger partial charge in [0.15, 0.2) is 0 Å². The molecule has 2 aromatic carbocycles. The summed E-state index contributed by atoms with van der Waals surface area (Å²) in [6.45, 7) is 0. The van der Waals surface area contributed by atoms with Gasteiger partial charge in [-0.25, -0.2) is 0 Å². The smallest absolute Gasteiger partial charge is 0.311 e. The Bertz CT molecular complexity index is 785. The lowest BCUT2D eigenvalue weighted by atomic mass is 10.2. The molecular weight excluding hydrogens is 336 g/mol. The molecule has 0 aromatic heterocycles. The van der Waals surface area contributed by atoms with E-state index in [-0.39, 0.29) is 18.7 Å². The fourth-order valence-electron chi connectivity index (χ4n) is 2.11. The van der Waals surface area contributed by atoms with Crippen molar-refractivity contribution in [2.75, 3.05) is 5.32 Å². The summed E-state index contributed by atoms with van der Waals surface area (Å²) in [5.41, 5.74) is 1.34. The van der Waals surface area contributed by atoms with Gasteiger partial charge in [-0.3, -0.25) is 19.7 Å². The monoisotopic (exact) mass is 354 g/mol. The van der Waals surface area contributed by atoms with Crippen LogP contribution in [0.15, 0.2) is 60.8 Å². The summed E-state index contributed by atoms with van der Waals surface area (Å²) in [4.78, 5) is 33.3. The minimum absolute atomic E-state index is 0.116. The lowest BCUT2D eigenvalue weighted by molar-refractivity contribution is -0.400. The Morgan fingerprint density at radius 3 is 2.38 bits per heavy atom. The third-order valence-electron chi connectivity index (χ3n) is 3.34. The van der Waals surface area contributed by atoms with Crippen molar-refractivity contribution < 1.29 is 19.2 Å². The van der Waals surface area contributed by atoms with Crippen molar-refractivity contribution in [1.82, 2.24) is 0 Å². The molecule has 2 rings (SSSR count). The van der Waals surface area contributed by atoms with Gasteiger partial charge < -0.3 is 10.1 Å². The Morgan fingerprint density at radius 2 is 1.73 bits per heavy atom. The number of benzene rings is 2. The first-order valence-corrected chi connectivity index (χ1v) is 8.00. The molecule has 7 heteroatoms. The molecule has 0 aliphatic rings. The standard InChI is InChI=1S/C19H18N2O5/c22-18(20-16-5-2-1-3-6-16)7-4-8-19(23)26-17-11-9-15(10-12-17)13-14-21(24)25/h1-3,5-6,9-14H,4,7-8H2,(H,20,22)/b14-13+. The summed E-state index contributed by atoms with van der Waals surface area (Å²) in [6.07, 6.45) is 2.89. The number of esters is 1. The van der Waals surface area contributed by atoms with Crippen LogP contribution in [0.1, 0.15) is 24.8 Å². The van der Waals surface area contributed by atoms with Crippen molar-refractivity contribution in [3.05, 3.63) is 76.5 Å². The second-order valence-electron chi connectivity index (χ2n) is 5.41. The molecule has 0 radical (unpaired) electrons. The highest BCUT2D eigenvalue weighted by Crippen LogP contribution is 2.14. The van der Waals surface area contributed by atoms with Crippen molar-refractivity contribution in [2.24, 2.45) is 0 Å². The first-order chi connectivity index (χ1) is 12.5. The van der Waals surface area contributed by atoms with Crippen molar-refractivity contribution in [1.29, 1.82) is 0 Å².